The van der Waals surface area contributed by atoms with Crippen LogP contribution in [0.4, 0.5) is 0 Å². The highest BCUT2D eigenvalue weighted by Gasteiger charge is 2.14. The second-order valence-electron chi connectivity index (χ2n) is 5.36. The maximum atomic E-state index is 6.11. The number of rotatable bonds is 2. The molecule has 1 aromatic heterocycles. The van der Waals surface area contributed by atoms with Crippen molar-refractivity contribution in [2.75, 3.05) is 0 Å². The second-order valence-corrected chi connectivity index (χ2v) is 5.80. The van der Waals surface area contributed by atoms with Gasteiger partial charge in [-0.15, -0.1) is 0 Å². The third-order valence-electron chi connectivity index (χ3n) is 3.98. The number of allylic oxidation sites excluding steroid dienone is 1. The van der Waals surface area contributed by atoms with E-state index in [9.17, 15) is 0 Å². The normalized spacial score (nSPS) is 13.6. The van der Waals surface area contributed by atoms with Crippen molar-refractivity contribution in [1.29, 1.82) is 0 Å². The van der Waals surface area contributed by atoms with Gasteiger partial charge in [-0.25, -0.2) is 0 Å². The fourth-order valence-corrected chi connectivity index (χ4v) is 3.18. The van der Waals surface area contributed by atoms with E-state index in [1.165, 1.54) is 27.6 Å². The number of hydrogen-bond acceptors (Lipinski definition) is 0. The van der Waals surface area contributed by atoms with Crippen LogP contribution in [0.15, 0.2) is 54.2 Å². The van der Waals surface area contributed by atoms with Crippen LogP contribution in [0.3, 0.4) is 0 Å². The van der Waals surface area contributed by atoms with Crippen LogP contribution >= 0.6 is 11.6 Å². The van der Waals surface area contributed by atoms with Gasteiger partial charge in [0.2, 0.25) is 0 Å². The highest BCUT2D eigenvalue weighted by molar-refractivity contribution is 6.31. The maximum absolute atomic E-state index is 6.11. The summed E-state index contributed by atoms with van der Waals surface area (Å²) in [5.74, 6) is 0. The first-order chi connectivity index (χ1) is 9.79. The van der Waals surface area contributed by atoms with Gasteiger partial charge < -0.3 is 4.98 Å². The first kappa shape index (κ1) is 11.8. The lowest BCUT2D eigenvalue weighted by Crippen LogP contribution is -1.89. The molecule has 0 aliphatic heterocycles. The summed E-state index contributed by atoms with van der Waals surface area (Å²) in [5, 5.41) is 2.02. The second kappa shape index (κ2) is 4.53. The van der Waals surface area contributed by atoms with Crippen molar-refractivity contribution in [1.82, 2.24) is 4.98 Å². The van der Waals surface area contributed by atoms with Gasteiger partial charge in [-0.3, -0.25) is 0 Å². The summed E-state index contributed by atoms with van der Waals surface area (Å²) in [5.41, 5.74) is 6.73. The molecule has 0 fully saturated rings. The smallest absolute Gasteiger partial charge is 0.0457 e. The van der Waals surface area contributed by atoms with Crippen molar-refractivity contribution in [2.45, 2.75) is 12.8 Å². The Kier molecular flexibility index (Phi) is 2.68. The van der Waals surface area contributed by atoms with E-state index >= 15 is 0 Å². The number of fused-ring (bicyclic) bond motifs is 2. The summed E-state index contributed by atoms with van der Waals surface area (Å²) in [6.45, 7) is 0. The number of halogens is 1. The number of aromatic nitrogens is 1. The van der Waals surface area contributed by atoms with E-state index in [2.05, 4.69) is 41.5 Å². The largest absolute Gasteiger partial charge is 0.361 e. The third kappa shape index (κ3) is 1.95. The third-order valence-corrected chi connectivity index (χ3v) is 4.21. The average molecular weight is 280 g/mol. The Morgan fingerprint density at radius 1 is 1.10 bits per heavy atom. The van der Waals surface area contributed by atoms with Crippen LogP contribution in [-0.4, -0.2) is 4.98 Å². The Bertz CT molecular complexity index is 826. The zero-order valence-corrected chi connectivity index (χ0v) is 11.7. The van der Waals surface area contributed by atoms with E-state index in [1.807, 2.05) is 18.2 Å². The fraction of sp³-hybridized carbons (Fsp3) is 0.111. The summed E-state index contributed by atoms with van der Waals surface area (Å²) in [4.78, 5) is 3.32. The molecule has 0 amide bonds. The summed E-state index contributed by atoms with van der Waals surface area (Å²) in [6, 6.07) is 14.6. The van der Waals surface area contributed by atoms with Crippen molar-refractivity contribution in [3.05, 3.63) is 75.9 Å². The topological polar surface area (TPSA) is 15.8 Å². The number of benzene rings is 2. The van der Waals surface area contributed by atoms with Crippen LogP contribution in [0.2, 0.25) is 5.02 Å². The fourth-order valence-electron chi connectivity index (χ4n) is 3.01. The van der Waals surface area contributed by atoms with Gasteiger partial charge in [0.05, 0.1) is 0 Å². The molecule has 0 saturated carbocycles. The van der Waals surface area contributed by atoms with Gasteiger partial charge in [0, 0.05) is 22.1 Å². The van der Waals surface area contributed by atoms with Gasteiger partial charge in [-0.2, -0.15) is 0 Å². The Morgan fingerprint density at radius 3 is 2.90 bits per heavy atom. The SMILES string of the molecule is Clc1ccc2[nH]cc(CC3=Cc4ccccc4C3)c2c1. The van der Waals surface area contributed by atoms with Gasteiger partial charge in [0.25, 0.3) is 0 Å². The van der Waals surface area contributed by atoms with Crippen LogP contribution in [0.5, 0.6) is 0 Å². The standard InChI is InChI=1S/C18H14ClN/c19-16-5-6-18-17(10-16)15(11-20-18)9-12-7-13-3-1-2-4-14(13)8-12/h1-7,10-11,20H,8-9H2. The lowest BCUT2D eigenvalue weighted by atomic mass is 10.0. The average Bonchev–Trinajstić information content (AvgIpc) is 3.03. The van der Waals surface area contributed by atoms with Gasteiger partial charge in [0.1, 0.15) is 0 Å². The molecule has 1 N–H and O–H groups in total. The van der Waals surface area contributed by atoms with Crippen molar-refractivity contribution in [2.24, 2.45) is 0 Å². The highest BCUT2D eigenvalue weighted by atomic mass is 35.5. The van der Waals surface area contributed by atoms with E-state index in [1.54, 1.807) is 0 Å². The van der Waals surface area contributed by atoms with E-state index in [-0.39, 0.29) is 0 Å². The molecule has 2 aromatic carbocycles. The first-order valence-corrected chi connectivity index (χ1v) is 7.20. The molecule has 0 spiro atoms. The zero-order valence-electron chi connectivity index (χ0n) is 11.0. The first-order valence-electron chi connectivity index (χ1n) is 6.82. The molecule has 98 valence electrons. The molecular formula is C18H14ClN. The van der Waals surface area contributed by atoms with E-state index in [0.717, 1.165) is 23.4 Å². The van der Waals surface area contributed by atoms with Crippen LogP contribution in [0.25, 0.3) is 17.0 Å². The summed E-state index contributed by atoms with van der Waals surface area (Å²) in [6.07, 6.45) is 6.46. The quantitative estimate of drug-likeness (QED) is 0.679. The number of nitrogens with one attached hydrogen (secondary N) is 1. The maximum Gasteiger partial charge on any atom is 0.0457 e. The Hall–Kier alpha value is -1.99. The molecule has 4 rings (SSSR count). The highest BCUT2D eigenvalue weighted by Crippen LogP contribution is 2.30. The lowest BCUT2D eigenvalue weighted by Gasteiger charge is -2.01. The summed E-state index contributed by atoms with van der Waals surface area (Å²) in [7, 11) is 0. The monoisotopic (exact) mass is 279 g/mol. The molecule has 20 heavy (non-hydrogen) atoms. The molecular weight excluding hydrogens is 266 g/mol. The van der Waals surface area contributed by atoms with Crippen LogP contribution in [0.1, 0.15) is 16.7 Å². The van der Waals surface area contributed by atoms with E-state index < -0.39 is 0 Å². The molecule has 1 heterocycles. The minimum absolute atomic E-state index is 0.794. The van der Waals surface area contributed by atoms with Gasteiger partial charge in [0.15, 0.2) is 0 Å². The minimum Gasteiger partial charge on any atom is -0.361 e. The number of hydrogen-bond donors (Lipinski definition) is 1. The predicted octanol–water partition coefficient (Wildman–Crippen LogP) is 5.00. The molecule has 2 heteroatoms. The minimum atomic E-state index is 0.794. The summed E-state index contributed by atoms with van der Waals surface area (Å²) < 4.78 is 0. The molecule has 1 nitrogen and oxygen atoms in total. The van der Waals surface area contributed by atoms with Gasteiger partial charge in [-0.1, -0.05) is 47.5 Å². The van der Waals surface area contributed by atoms with E-state index in [4.69, 9.17) is 11.6 Å². The van der Waals surface area contributed by atoms with Gasteiger partial charge >= 0.3 is 0 Å². The van der Waals surface area contributed by atoms with Gasteiger partial charge in [-0.05, 0) is 47.7 Å². The van der Waals surface area contributed by atoms with Crippen molar-refractivity contribution in [3.8, 4) is 0 Å². The molecule has 0 radical (unpaired) electrons. The Morgan fingerprint density at radius 2 is 2.00 bits per heavy atom. The molecule has 0 saturated heterocycles. The lowest BCUT2D eigenvalue weighted by molar-refractivity contribution is 1.08. The van der Waals surface area contributed by atoms with E-state index in [0.29, 0.717) is 0 Å². The zero-order chi connectivity index (χ0) is 13.5. The molecule has 1 aliphatic carbocycles. The molecule has 0 atom stereocenters. The number of aromatic amines is 1. The molecule has 0 bridgehead atoms. The Balaban J connectivity index is 1.68. The number of H-pyrrole nitrogens is 1. The predicted molar refractivity (Wildman–Crippen MR) is 85.1 cm³/mol. The summed E-state index contributed by atoms with van der Waals surface area (Å²) >= 11 is 6.11. The van der Waals surface area contributed by atoms with Crippen LogP contribution < -0.4 is 0 Å². The van der Waals surface area contributed by atoms with Crippen LogP contribution in [-0.2, 0) is 12.8 Å². The molecule has 3 aromatic rings. The molecule has 0 unspecified atom stereocenters. The van der Waals surface area contributed by atoms with Crippen molar-refractivity contribution in [3.63, 3.8) is 0 Å². The van der Waals surface area contributed by atoms with Crippen molar-refractivity contribution < 1.29 is 0 Å². The van der Waals surface area contributed by atoms with Crippen molar-refractivity contribution >= 4 is 28.6 Å². The van der Waals surface area contributed by atoms with Crippen LogP contribution in [0, 0.1) is 0 Å². The Labute approximate surface area is 122 Å². The molecule has 1 aliphatic rings.